The number of hydrogen-bond acceptors (Lipinski definition) is 5. The lowest BCUT2D eigenvalue weighted by Crippen LogP contribution is -2.28. The van der Waals surface area contributed by atoms with Gasteiger partial charge < -0.3 is 19.5 Å². The van der Waals surface area contributed by atoms with E-state index in [2.05, 4.69) is 24.0 Å². The van der Waals surface area contributed by atoms with Crippen LogP contribution in [0, 0.1) is 17.6 Å². The van der Waals surface area contributed by atoms with Crippen molar-refractivity contribution in [2.24, 2.45) is 5.92 Å². The van der Waals surface area contributed by atoms with E-state index in [0.29, 0.717) is 30.8 Å². The quantitative estimate of drug-likeness (QED) is 0.295. The molecule has 0 bridgehead atoms. The van der Waals surface area contributed by atoms with Crippen LogP contribution in [-0.4, -0.2) is 43.7 Å². The van der Waals surface area contributed by atoms with E-state index in [1.54, 1.807) is 19.4 Å². The SMILES string of the molecule is COCC(C)(C)c1c([C@@H]2CCC(/C(O)=C\O)C2)c2nc3[nH]ncc3cc2n1-c1ccc(F)c(F)c1. The Morgan fingerprint density at radius 2 is 2.06 bits per heavy atom. The fraction of sp³-hybridized carbons (Fsp3) is 0.385. The second kappa shape index (κ2) is 8.64. The third-order valence-electron chi connectivity index (χ3n) is 7.08. The van der Waals surface area contributed by atoms with Crippen molar-refractivity contribution >= 4 is 22.1 Å². The van der Waals surface area contributed by atoms with Gasteiger partial charge in [-0.1, -0.05) is 13.8 Å². The van der Waals surface area contributed by atoms with Crippen LogP contribution >= 0.6 is 0 Å². The van der Waals surface area contributed by atoms with E-state index in [9.17, 15) is 19.0 Å². The van der Waals surface area contributed by atoms with E-state index in [-0.39, 0.29) is 17.6 Å². The van der Waals surface area contributed by atoms with Crippen LogP contribution < -0.4 is 0 Å². The Kier molecular flexibility index (Phi) is 5.75. The first kappa shape index (κ1) is 23.3. The van der Waals surface area contributed by atoms with Crippen LogP contribution in [0.3, 0.4) is 0 Å². The van der Waals surface area contributed by atoms with Crippen LogP contribution in [0.4, 0.5) is 8.78 Å². The van der Waals surface area contributed by atoms with Crippen LogP contribution in [0.2, 0.25) is 0 Å². The van der Waals surface area contributed by atoms with Gasteiger partial charge in [0.15, 0.2) is 17.3 Å². The molecule has 0 radical (unpaired) electrons. The van der Waals surface area contributed by atoms with Gasteiger partial charge in [0, 0.05) is 46.8 Å². The number of pyridine rings is 1. The van der Waals surface area contributed by atoms with Crippen LogP contribution in [0.25, 0.3) is 27.8 Å². The Balaban J connectivity index is 1.85. The van der Waals surface area contributed by atoms with E-state index in [1.807, 2.05) is 10.6 Å². The van der Waals surface area contributed by atoms with Gasteiger partial charge in [0.05, 0.1) is 23.8 Å². The molecule has 184 valence electrons. The maximum absolute atomic E-state index is 14.4. The number of aliphatic hydroxyl groups is 2. The van der Waals surface area contributed by atoms with E-state index >= 15 is 0 Å². The third-order valence-corrected chi connectivity index (χ3v) is 7.08. The summed E-state index contributed by atoms with van der Waals surface area (Å²) in [6.45, 7) is 4.49. The lowest BCUT2D eigenvalue weighted by Gasteiger charge is -2.29. The predicted molar refractivity (Wildman–Crippen MR) is 129 cm³/mol. The lowest BCUT2D eigenvalue weighted by molar-refractivity contribution is 0.143. The molecule has 3 heterocycles. The Labute approximate surface area is 201 Å². The molecular weight excluding hydrogens is 454 g/mol. The molecule has 3 aromatic heterocycles. The van der Waals surface area contributed by atoms with Crippen LogP contribution in [0.5, 0.6) is 0 Å². The van der Waals surface area contributed by atoms with Gasteiger partial charge in [0.2, 0.25) is 0 Å². The number of methoxy groups -OCH3 is 1. The smallest absolute Gasteiger partial charge is 0.160 e. The third kappa shape index (κ3) is 3.83. The Morgan fingerprint density at radius 3 is 2.77 bits per heavy atom. The van der Waals surface area contributed by atoms with Gasteiger partial charge in [0.25, 0.3) is 0 Å². The molecule has 1 fully saturated rings. The fourth-order valence-electron chi connectivity index (χ4n) is 5.58. The first-order chi connectivity index (χ1) is 16.7. The number of ether oxygens (including phenoxy) is 1. The minimum absolute atomic E-state index is 0.0233. The number of rotatable bonds is 6. The molecule has 9 heteroatoms. The zero-order valence-electron chi connectivity index (χ0n) is 19.8. The highest BCUT2D eigenvalue weighted by molar-refractivity contribution is 5.94. The van der Waals surface area contributed by atoms with E-state index < -0.39 is 17.0 Å². The molecular formula is C26H28F2N4O3. The average Bonchev–Trinajstić information content (AvgIpc) is 3.55. The van der Waals surface area contributed by atoms with E-state index in [4.69, 9.17) is 9.72 Å². The summed E-state index contributed by atoms with van der Waals surface area (Å²) in [6.07, 6.45) is 4.55. The molecule has 1 aliphatic carbocycles. The highest BCUT2D eigenvalue weighted by Gasteiger charge is 2.39. The monoisotopic (exact) mass is 482 g/mol. The summed E-state index contributed by atoms with van der Waals surface area (Å²) in [5, 5.41) is 27.4. The molecule has 5 rings (SSSR count). The number of aromatic nitrogens is 4. The maximum atomic E-state index is 14.4. The van der Waals surface area contributed by atoms with E-state index in [1.165, 1.54) is 6.07 Å². The number of aliphatic hydroxyl groups excluding tert-OH is 2. The number of allylic oxidation sites excluding steroid dienone is 1. The summed E-state index contributed by atoms with van der Waals surface area (Å²) in [5.74, 6) is -2.02. The Bertz CT molecular complexity index is 1440. The average molecular weight is 483 g/mol. The van der Waals surface area contributed by atoms with Gasteiger partial charge in [0.1, 0.15) is 12.0 Å². The standard InChI is InChI=1S/C26H28F2N4O3/c1-26(2,13-35-3)24-22(15-5-4-14(8-15)21(34)12-33)23-20(9-16-11-29-31-25(16)30-23)32(24)17-6-7-18(27)19(28)10-17/h6-7,9-12,14-15,33-34H,4-5,8,13H2,1-3H3,(H,29,30,31)/b21-12+/t14?,15-/m1/s1. The molecule has 1 saturated carbocycles. The molecule has 1 aromatic carbocycles. The molecule has 7 nitrogen and oxygen atoms in total. The highest BCUT2D eigenvalue weighted by atomic mass is 19.2. The summed E-state index contributed by atoms with van der Waals surface area (Å²) in [4.78, 5) is 4.92. The molecule has 0 spiro atoms. The first-order valence-corrected chi connectivity index (χ1v) is 11.6. The van der Waals surface area contributed by atoms with Gasteiger partial charge in [-0.15, -0.1) is 0 Å². The predicted octanol–water partition coefficient (Wildman–Crippen LogP) is 5.95. The number of hydrogen-bond donors (Lipinski definition) is 3. The number of halogens is 2. The number of H-pyrrole nitrogens is 1. The summed E-state index contributed by atoms with van der Waals surface area (Å²) in [6, 6.07) is 5.84. The van der Waals surface area contributed by atoms with Crippen molar-refractivity contribution in [2.45, 2.75) is 44.4 Å². The van der Waals surface area contributed by atoms with Gasteiger partial charge in [-0.2, -0.15) is 5.10 Å². The van der Waals surface area contributed by atoms with Crippen molar-refractivity contribution in [3.8, 4) is 5.69 Å². The van der Waals surface area contributed by atoms with Crippen molar-refractivity contribution in [1.29, 1.82) is 0 Å². The normalized spacial score (nSPS) is 19.3. The topological polar surface area (TPSA) is 96.2 Å². The number of nitrogens with one attached hydrogen (secondary N) is 1. The molecule has 35 heavy (non-hydrogen) atoms. The molecule has 4 aromatic rings. The number of nitrogens with zero attached hydrogens (tertiary/aromatic N) is 3. The largest absolute Gasteiger partial charge is 0.512 e. The molecule has 3 N–H and O–H groups in total. The minimum atomic E-state index is -0.933. The van der Waals surface area contributed by atoms with Crippen LogP contribution in [0.15, 0.2) is 42.5 Å². The van der Waals surface area contributed by atoms with Crippen LogP contribution in [-0.2, 0) is 10.2 Å². The first-order valence-electron chi connectivity index (χ1n) is 11.6. The lowest BCUT2D eigenvalue weighted by atomic mass is 9.82. The molecule has 2 atom stereocenters. The second-order valence-electron chi connectivity index (χ2n) is 9.94. The fourth-order valence-corrected chi connectivity index (χ4v) is 5.58. The van der Waals surface area contributed by atoms with Gasteiger partial charge in [-0.05, 0) is 43.4 Å². The number of aromatic amines is 1. The van der Waals surface area contributed by atoms with Gasteiger partial charge in [-0.25, -0.2) is 13.8 Å². The summed E-state index contributed by atoms with van der Waals surface area (Å²) >= 11 is 0. The Hall–Kier alpha value is -3.46. The van der Waals surface area contributed by atoms with Crippen molar-refractivity contribution in [1.82, 2.24) is 19.7 Å². The zero-order valence-corrected chi connectivity index (χ0v) is 19.8. The van der Waals surface area contributed by atoms with Crippen molar-refractivity contribution in [2.75, 3.05) is 13.7 Å². The maximum Gasteiger partial charge on any atom is 0.160 e. The molecule has 1 aliphatic rings. The Morgan fingerprint density at radius 1 is 1.26 bits per heavy atom. The summed E-state index contributed by atoms with van der Waals surface area (Å²) < 4.78 is 35.8. The minimum Gasteiger partial charge on any atom is -0.512 e. The molecule has 0 saturated heterocycles. The van der Waals surface area contributed by atoms with E-state index in [0.717, 1.165) is 46.4 Å². The molecule has 1 unspecified atom stereocenters. The zero-order chi connectivity index (χ0) is 24.9. The second-order valence-corrected chi connectivity index (χ2v) is 9.94. The summed E-state index contributed by atoms with van der Waals surface area (Å²) in [5.41, 5.74) is 3.96. The molecule has 0 amide bonds. The molecule has 0 aliphatic heterocycles. The highest BCUT2D eigenvalue weighted by Crippen LogP contribution is 2.48. The van der Waals surface area contributed by atoms with Gasteiger partial charge >= 0.3 is 0 Å². The number of benzene rings is 1. The van der Waals surface area contributed by atoms with Crippen LogP contribution in [0.1, 0.15) is 50.3 Å². The van der Waals surface area contributed by atoms with Crippen molar-refractivity contribution in [3.63, 3.8) is 0 Å². The van der Waals surface area contributed by atoms with Crippen molar-refractivity contribution in [3.05, 3.63) is 65.4 Å². The van der Waals surface area contributed by atoms with Crippen molar-refractivity contribution < 1.29 is 23.7 Å². The number of fused-ring (bicyclic) bond motifs is 2. The summed E-state index contributed by atoms with van der Waals surface area (Å²) in [7, 11) is 1.63. The van der Waals surface area contributed by atoms with Gasteiger partial charge in [-0.3, -0.25) is 5.10 Å².